The minimum absolute atomic E-state index is 0. The number of hydrogen-bond acceptors (Lipinski definition) is 6. The maximum absolute atomic E-state index is 11.4. The van der Waals surface area contributed by atoms with E-state index in [9.17, 15) is 9.59 Å². The van der Waals surface area contributed by atoms with Gasteiger partial charge >= 0.3 is 11.9 Å². The van der Waals surface area contributed by atoms with E-state index in [2.05, 4.69) is 27.1 Å². The third-order valence-corrected chi connectivity index (χ3v) is 4.65. The van der Waals surface area contributed by atoms with E-state index in [0.29, 0.717) is 0 Å². The molecule has 2 saturated heterocycles. The first-order valence-electron chi connectivity index (χ1n) is 8.76. The van der Waals surface area contributed by atoms with Crippen LogP contribution in [0.3, 0.4) is 0 Å². The van der Waals surface area contributed by atoms with E-state index in [1.54, 1.807) is 0 Å². The average Bonchev–Trinajstić information content (AvgIpc) is 3.34. The van der Waals surface area contributed by atoms with E-state index < -0.39 is 0 Å². The van der Waals surface area contributed by atoms with Crippen LogP contribution in [-0.2, 0) is 25.6 Å². The van der Waals surface area contributed by atoms with Crippen LogP contribution in [0.15, 0.2) is 30.3 Å². The smallest absolute Gasteiger partial charge is 0.310 e. The summed E-state index contributed by atoms with van der Waals surface area (Å²) in [5, 5.41) is 3.09. The molecule has 0 aliphatic carbocycles. The number of carbonyl (C=O) groups is 2. The second-order valence-electron chi connectivity index (χ2n) is 6.44. The molecule has 0 saturated carbocycles. The molecule has 2 heterocycles. The van der Waals surface area contributed by atoms with Crippen molar-refractivity contribution in [2.75, 3.05) is 40.4 Å². The maximum atomic E-state index is 11.4. The summed E-state index contributed by atoms with van der Waals surface area (Å²) in [7, 11) is 2.89. The van der Waals surface area contributed by atoms with Crippen LogP contribution in [0.4, 0.5) is 0 Å². The molecule has 0 unspecified atom stereocenters. The van der Waals surface area contributed by atoms with Crippen LogP contribution >= 0.6 is 12.4 Å². The Labute approximate surface area is 176 Å². The quantitative estimate of drug-likeness (QED) is 0.760. The van der Waals surface area contributed by atoms with Crippen molar-refractivity contribution >= 4 is 24.3 Å². The number of hydrogen-bond donors (Lipinski definition) is 1. The largest absolute Gasteiger partial charge is 0.469 e. The highest BCUT2D eigenvalue weighted by Gasteiger charge is 2.28. The van der Waals surface area contributed by atoms with E-state index in [0.717, 1.165) is 45.6 Å². The lowest BCUT2D eigenvalue weighted by Gasteiger charge is -2.15. The van der Waals surface area contributed by atoms with Gasteiger partial charge in [-0.25, -0.2) is 0 Å². The molecule has 2 aliphatic heterocycles. The molecule has 6 nitrogen and oxygen atoms in total. The fourth-order valence-electron chi connectivity index (χ4n) is 3.20. The van der Waals surface area contributed by atoms with E-state index in [1.807, 2.05) is 18.2 Å². The first-order valence-corrected chi connectivity index (χ1v) is 8.76. The Bertz CT molecular complexity index is 551. The van der Waals surface area contributed by atoms with Gasteiger partial charge in [0.1, 0.15) is 0 Å². The Morgan fingerprint density at radius 1 is 1.04 bits per heavy atom. The number of esters is 2. The molecule has 28 heavy (non-hydrogen) atoms. The Morgan fingerprint density at radius 3 is 2.18 bits per heavy atom. The molecular formula is C21H37ClN2O4. The molecule has 162 valence electrons. The van der Waals surface area contributed by atoms with Crippen molar-refractivity contribution in [3.8, 4) is 0 Å². The van der Waals surface area contributed by atoms with Gasteiger partial charge in [-0.15, -0.1) is 12.4 Å². The van der Waals surface area contributed by atoms with Gasteiger partial charge in [0.05, 0.1) is 26.1 Å². The molecular weight excluding hydrogens is 380 g/mol. The van der Waals surface area contributed by atoms with Crippen molar-refractivity contribution in [2.24, 2.45) is 11.8 Å². The van der Waals surface area contributed by atoms with Crippen molar-refractivity contribution in [1.29, 1.82) is 0 Å². The number of nitrogens with one attached hydrogen (secondary N) is 1. The molecule has 0 spiro atoms. The standard InChI is InChI=1S/C13H17NO2.C6H11NO2.2CH4.ClH/c1-16-13(15)12-7-8-14(10-12)9-11-5-3-2-4-6-11;1-9-6(8)5-2-3-7-4-5;;;/h2-6,12H,7-10H2,1H3;5,7H,2-4H2,1H3;2*1H4;1H/t12-;5-;;;/m11.../s1. The Morgan fingerprint density at radius 2 is 1.64 bits per heavy atom. The Balaban J connectivity index is 0. The number of likely N-dealkylation sites (tertiary alicyclic amines) is 1. The summed E-state index contributed by atoms with van der Waals surface area (Å²) in [6, 6.07) is 10.3. The van der Waals surface area contributed by atoms with Crippen LogP contribution in [0.1, 0.15) is 33.3 Å². The topological polar surface area (TPSA) is 67.9 Å². The number of methoxy groups -OCH3 is 2. The molecule has 0 bridgehead atoms. The molecule has 7 heteroatoms. The number of carbonyl (C=O) groups excluding carboxylic acids is 2. The second kappa shape index (κ2) is 15.3. The van der Waals surface area contributed by atoms with E-state index in [4.69, 9.17) is 4.74 Å². The minimum Gasteiger partial charge on any atom is -0.469 e. The van der Waals surface area contributed by atoms with Crippen LogP contribution in [-0.4, -0.2) is 57.2 Å². The highest BCUT2D eigenvalue weighted by atomic mass is 35.5. The fraction of sp³-hybridized carbons (Fsp3) is 0.619. The van der Waals surface area contributed by atoms with Crippen LogP contribution in [0, 0.1) is 11.8 Å². The summed E-state index contributed by atoms with van der Waals surface area (Å²) in [6.45, 7) is 4.46. The van der Waals surface area contributed by atoms with E-state index in [1.165, 1.54) is 19.8 Å². The highest BCUT2D eigenvalue weighted by Crippen LogP contribution is 2.19. The van der Waals surface area contributed by atoms with Crippen molar-refractivity contribution in [2.45, 2.75) is 34.2 Å². The van der Waals surface area contributed by atoms with Gasteiger partial charge in [0.15, 0.2) is 0 Å². The molecule has 1 N–H and O–H groups in total. The summed E-state index contributed by atoms with van der Waals surface area (Å²) in [4.78, 5) is 24.4. The first kappa shape index (κ1) is 28.6. The average molecular weight is 417 g/mol. The predicted octanol–water partition coefficient (Wildman–Crippen LogP) is 3.14. The summed E-state index contributed by atoms with van der Waals surface area (Å²) in [5.41, 5.74) is 1.30. The van der Waals surface area contributed by atoms with E-state index in [-0.39, 0.29) is 51.0 Å². The lowest BCUT2D eigenvalue weighted by atomic mass is 10.1. The number of benzene rings is 1. The van der Waals surface area contributed by atoms with Crippen molar-refractivity contribution in [3.63, 3.8) is 0 Å². The third-order valence-electron chi connectivity index (χ3n) is 4.65. The van der Waals surface area contributed by atoms with E-state index >= 15 is 0 Å². The van der Waals surface area contributed by atoms with Gasteiger partial charge in [-0.3, -0.25) is 14.5 Å². The molecule has 2 aliphatic rings. The highest BCUT2D eigenvalue weighted by molar-refractivity contribution is 5.85. The van der Waals surface area contributed by atoms with Crippen molar-refractivity contribution in [1.82, 2.24) is 10.2 Å². The lowest BCUT2D eigenvalue weighted by Crippen LogP contribution is -2.23. The molecule has 2 atom stereocenters. The summed E-state index contributed by atoms with van der Waals surface area (Å²) >= 11 is 0. The molecule has 2 fully saturated rings. The second-order valence-corrected chi connectivity index (χ2v) is 6.44. The Hall–Kier alpha value is -1.63. The van der Waals surface area contributed by atoms with Crippen LogP contribution < -0.4 is 5.32 Å². The third kappa shape index (κ3) is 9.04. The van der Waals surface area contributed by atoms with Gasteiger partial charge in [0.2, 0.25) is 0 Å². The summed E-state index contributed by atoms with van der Waals surface area (Å²) in [6.07, 6.45) is 1.84. The number of halogens is 1. The van der Waals surface area contributed by atoms with Crippen LogP contribution in [0.2, 0.25) is 0 Å². The van der Waals surface area contributed by atoms with Gasteiger partial charge < -0.3 is 14.8 Å². The number of ether oxygens (including phenoxy) is 2. The fourth-order valence-corrected chi connectivity index (χ4v) is 3.20. The van der Waals surface area contributed by atoms with Crippen molar-refractivity contribution < 1.29 is 19.1 Å². The molecule has 0 radical (unpaired) electrons. The molecule has 1 aromatic carbocycles. The summed E-state index contributed by atoms with van der Waals surface area (Å²) in [5.74, 6) is 0.0132. The Kier molecular flexibility index (Phi) is 15.6. The van der Waals surface area contributed by atoms with Gasteiger partial charge in [0, 0.05) is 19.6 Å². The predicted molar refractivity (Wildman–Crippen MR) is 116 cm³/mol. The molecule has 1 aromatic rings. The molecule has 0 amide bonds. The zero-order valence-electron chi connectivity index (χ0n) is 15.5. The normalized spacial score (nSPS) is 20.4. The number of rotatable bonds is 4. The van der Waals surface area contributed by atoms with Gasteiger partial charge in [0.25, 0.3) is 0 Å². The van der Waals surface area contributed by atoms with Gasteiger partial charge in [-0.05, 0) is 31.5 Å². The lowest BCUT2D eigenvalue weighted by molar-refractivity contribution is -0.145. The molecule has 0 aromatic heterocycles. The van der Waals surface area contributed by atoms with Gasteiger partial charge in [-0.1, -0.05) is 45.2 Å². The zero-order chi connectivity index (χ0) is 18.1. The van der Waals surface area contributed by atoms with Crippen LogP contribution in [0.5, 0.6) is 0 Å². The SMILES string of the molecule is C.C.COC(=O)[C@@H]1CCN(Cc2ccccc2)C1.COC(=O)[C@@H]1CCNC1.Cl. The van der Waals surface area contributed by atoms with Crippen molar-refractivity contribution in [3.05, 3.63) is 35.9 Å². The first-order chi connectivity index (χ1) is 12.1. The monoisotopic (exact) mass is 416 g/mol. The molecule has 3 rings (SSSR count). The number of nitrogens with zero attached hydrogens (tertiary/aromatic N) is 1. The maximum Gasteiger partial charge on any atom is 0.310 e. The summed E-state index contributed by atoms with van der Waals surface area (Å²) < 4.78 is 9.32. The van der Waals surface area contributed by atoms with Crippen LogP contribution in [0.25, 0.3) is 0 Å². The minimum atomic E-state index is -0.0833. The zero-order valence-corrected chi connectivity index (χ0v) is 16.3. The van der Waals surface area contributed by atoms with Gasteiger partial charge in [-0.2, -0.15) is 0 Å².